The first kappa shape index (κ1) is 11.5. The predicted molar refractivity (Wildman–Crippen MR) is 66.5 cm³/mol. The summed E-state index contributed by atoms with van der Waals surface area (Å²) in [4.78, 5) is 6.82. The van der Waals surface area contributed by atoms with Gasteiger partial charge in [-0.05, 0) is 18.8 Å². The van der Waals surface area contributed by atoms with Crippen LogP contribution in [0.15, 0.2) is 12.4 Å². The summed E-state index contributed by atoms with van der Waals surface area (Å²) < 4.78 is 2.25. The number of nitrogens with two attached hydrogens (primary N) is 1. The highest BCUT2D eigenvalue weighted by atomic mass is 15.3. The molecule has 0 unspecified atom stereocenters. The van der Waals surface area contributed by atoms with Gasteiger partial charge in [0.05, 0.1) is 0 Å². The van der Waals surface area contributed by atoms with Crippen LogP contribution in [-0.2, 0) is 6.54 Å². The molecule has 1 saturated heterocycles. The number of hydrogen-bond acceptors (Lipinski definition) is 3. The lowest BCUT2D eigenvalue weighted by Crippen LogP contribution is -2.41. The van der Waals surface area contributed by atoms with Crippen LogP contribution >= 0.6 is 0 Å². The second-order valence-electron chi connectivity index (χ2n) is 5.10. The SMILES string of the molecule is CC(C)Cn1ccnc1N1CCC(N)CC1. The zero-order valence-electron chi connectivity index (χ0n) is 10.3. The van der Waals surface area contributed by atoms with E-state index in [9.17, 15) is 0 Å². The Hall–Kier alpha value is -1.03. The molecule has 0 amide bonds. The Kier molecular flexibility index (Phi) is 3.49. The lowest BCUT2D eigenvalue weighted by Gasteiger charge is -2.31. The summed E-state index contributed by atoms with van der Waals surface area (Å²) in [5.74, 6) is 1.76. The lowest BCUT2D eigenvalue weighted by molar-refractivity contribution is 0.474. The van der Waals surface area contributed by atoms with Gasteiger partial charge in [0.15, 0.2) is 0 Å². The van der Waals surface area contributed by atoms with Gasteiger partial charge in [0.2, 0.25) is 5.95 Å². The van der Waals surface area contributed by atoms with Gasteiger partial charge in [-0.25, -0.2) is 4.98 Å². The molecule has 16 heavy (non-hydrogen) atoms. The van der Waals surface area contributed by atoms with E-state index in [0.717, 1.165) is 38.4 Å². The average Bonchev–Trinajstić information content (AvgIpc) is 2.66. The van der Waals surface area contributed by atoms with Gasteiger partial charge in [0.25, 0.3) is 0 Å². The van der Waals surface area contributed by atoms with Gasteiger partial charge in [0, 0.05) is 38.1 Å². The molecule has 0 bridgehead atoms. The van der Waals surface area contributed by atoms with Crippen molar-refractivity contribution in [1.29, 1.82) is 0 Å². The number of anilines is 1. The molecule has 1 aliphatic rings. The van der Waals surface area contributed by atoms with Gasteiger partial charge < -0.3 is 15.2 Å². The highest BCUT2D eigenvalue weighted by Crippen LogP contribution is 2.18. The van der Waals surface area contributed by atoms with Crippen molar-refractivity contribution in [1.82, 2.24) is 9.55 Å². The number of rotatable bonds is 3. The summed E-state index contributed by atoms with van der Waals surface area (Å²) >= 11 is 0. The standard InChI is InChI=1S/C12H22N4/c1-10(2)9-16-8-5-14-12(16)15-6-3-11(13)4-7-15/h5,8,10-11H,3-4,6-7,9,13H2,1-2H3. The van der Waals surface area contributed by atoms with E-state index in [1.165, 1.54) is 0 Å². The molecular formula is C12H22N4. The van der Waals surface area contributed by atoms with Crippen molar-refractivity contribution in [3.05, 3.63) is 12.4 Å². The third-order valence-electron chi connectivity index (χ3n) is 3.08. The molecule has 0 saturated carbocycles. The molecule has 4 nitrogen and oxygen atoms in total. The Morgan fingerprint density at radius 1 is 1.44 bits per heavy atom. The van der Waals surface area contributed by atoms with E-state index < -0.39 is 0 Å². The monoisotopic (exact) mass is 222 g/mol. The summed E-state index contributed by atoms with van der Waals surface area (Å²) in [5.41, 5.74) is 5.92. The van der Waals surface area contributed by atoms with Crippen LogP contribution in [0.2, 0.25) is 0 Å². The Morgan fingerprint density at radius 3 is 2.75 bits per heavy atom. The second-order valence-corrected chi connectivity index (χ2v) is 5.10. The largest absolute Gasteiger partial charge is 0.342 e. The Labute approximate surface area is 97.4 Å². The molecule has 4 heteroatoms. The van der Waals surface area contributed by atoms with Gasteiger partial charge in [-0.3, -0.25) is 0 Å². The van der Waals surface area contributed by atoms with Crippen LogP contribution in [-0.4, -0.2) is 28.7 Å². The van der Waals surface area contributed by atoms with Crippen molar-refractivity contribution in [2.24, 2.45) is 11.7 Å². The second kappa shape index (κ2) is 4.87. The number of nitrogens with zero attached hydrogens (tertiary/aromatic N) is 3. The molecule has 2 rings (SSSR count). The predicted octanol–water partition coefficient (Wildman–Crippen LogP) is 1.47. The van der Waals surface area contributed by atoms with Gasteiger partial charge in [-0.2, -0.15) is 0 Å². The minimum atomic E-state index is 0.379. The van der Waals surface area contributed by atoms with Crippen molar-refractivity contribution in [3.8, 4) is 0 Å². The number of piperidine rings is 1. The fraction of sp³-hybridized carbons (Fsp3) is 0.750. The maximum Gasteiger partial charge on any atom is 0.205 e. The highest BCUT2D eigenvalue weighted by molar-refractivity contribution is 5.32. The molecule has 0 radical (unpaired) electrons. The van der Waals surface area contributed by atoms with Crippen LogP contribution < -0.4 is 10.6 Å². The topological polar surface area (TPSA) is 47.1 Å². The van der Waals surface area contributed by atoms with E-state index in [2.05, 4.69) is 34.5 Å². The van der Waals surface area contributed by atoms with Crippen LogP contribution in [0, 0.1) is 5.92 Å². The quantitative estimate of drug-likeness (QED) is 0.842. The van der Waals surface area contributed by atoms with Crippen molar-refractivity contribution in [2.75, 3.05) is 18.0 Å². The Balaban J connectivity index is 2.05. The van der Waals surface area contributed by atoms with E-state index in [0.29, 0.717) is 12.0 Å². The van der Waals surface area contributed by atoms with Crippen molar-refractivity contribution in [2.45, 2.75) is 39.3 Å². The number of aromatic nitrogens is 2. The molecule has 1 aromatic rings. The molecule has 1 aromatic heterocycles. The van der Waals surface area contributed by atoms with E-state index in [1.54, 1.807) is 0 Å². The first-order valence-corrected chi connectivity index (χ1v) is 6.18. The average molecular weight is 222 g/mol. The van der Waals surface area contributed by atoms with E-state index in [-0.39, 0.29) is 0 Å². The van der Waals surface area contributed by atoms with Crippen LogP contribution in [0.25, 0.3) is 0 Å². The summed E-state index contributed by atoms with van der Waals surface area (Å²) in [6.45, 7) is 7.58. The van der Waals surface area contributed by atoms with Crippen molar-refractivity contribution < 1.29 is 0 Å². The molecule has 1 aliphatic heterocycles. The van der Waals surface area contributed by atoms with Gasteiger partial charge in [-0.1, -0.05) is 13.8 Å². The van der Waals surface area contributed by atoms with E-state index >= 15 is 0 Å². The smallest absolute Gasteiger partial charge is 0.205 e. The first-order chi connectivity index (χ1) is 7.66. The zero-order valence-corrected chi connectivity index (χ0v) is 10.3. The van der Waals surface area contributed by atoms with Gasteiger partial charge in [0.1, 0.15) is 0 Å². The van der Waals surface area contributed by atoms with E-state index in [1.807, 2.05) is 6.20 Å². The fourth-order valence-electron chi connectivity index (χ4n) is 2.22. The first-order valence-electron chi connectivity index (χ1n) is 6.18. The zero-order chi connectivity index (χ0) is 11.5. The minimum Gasteiger partial charge on any atom is -0.342 e. The number of hydrogen-bond donors (Lipinski definition) is 1. The van der Waals surface area contributed by atoms with Crippen LogP contribution in [0.1, 0.15) is 26.7 Å². The third-order valence-corrected chi connectivity index (χ3v) is 3.08. The van der Waals surface area contributed by atoms with Crippen LogP contribution in [0.4, 0.5) is 5.95 Å². The van der Waals surface area contributed by atoms with E-state index in [4.69, 9.17) is 5.73 Å². The van der Waals surface area contributed by atoms with Crippen LogP contribution in [0.3, 0.4) is 0 Å². The molecule has 2 N–H and O–H groups in total. The maximum atomic E-state index is 5.92. The molecule has 2 heterocycles. The molecule has 0 atom stereocenters. The summed E-state index contributed by atoms with van der Waals surface area (Å²) in [6, 6.07) is 0.379. The lowest BCUT2D eigenvalue weighted by atomic mass is 10.1. The van der Waals surface area contributed by atoms with Crippen molar-refractivity contribution >= 4 is 5.95 Å². The van der Waals surface area contributed by atoms with Crippen LogP contribution in [0.5, 0.6) is 0 Å². The maximum absolute atomic E-state index is 5.92. The Bertz CT molecular complexity index is 324. The third kappa shape index (κ3) is 2.55. The highest BCUT2D eigenvalue weighted by Gasteiger charge is 2.19. The van der Waals surface area contributed by atoms with Crippen molar-refractivity contribution in [3.63, 3.8) is 0 Å². The summed E-state index contributed by atoms with van der Waals surface area (Å²) in [5, 5.41) is 0. The van der Waals surface area contributed by atoms with Gasteiger partial charge in [-0.15, -0.1) is 0 Å². The summed E-state index contributed by atoms with van der Waals surface area (Å²) in [6.07, 6.45) is 6.12. The molecular weight excluding hydrogens is 200 g/mol. The normalized spacial score (nSPS) is 18.4. The molecule has 90 valence electrons. The Morgan fingerprint density at radius 2 is 2.12 bits per heavy atom. The molecule has 1 fully saturated rings. The van der Waals surface area contributed by atoms with Gasteiger partial charge >= 0.3 is 0 Å². The molecule has 0 spiro atoms. The molecule has 0 aliphatic carbocycles. The summed E-state index contributed by atoms with van der Waals surface area (Å²) in [7, 11) is 0. The molecule has 0 aromatic carbocycles. The fourth-order valence-corrected chi connectivity index (χ4v) is 2.22. The number of imidazole rings is 1. The minimum absolute atomic E-state index is 0.379.